The Bertz CT molecular complexity index is 294. The molecule has 1 aliphatic heterocycles. The number of nitrogens with one attached hydrogen (secondary N) is 1. The average Bonchev–Trinajstić information content (AvgIpc) is 2.37. The van der Waals surface area contributed by atoms with Crippen molar-refractivity contribution in [1.29, 1.82) is 0 Å². The lowest BCUT2D eigenvalue weighted by atomic mass is 10.3. The zero-order valence-electron chi connectivity index (χ0n) is 9.90. The van der Waals surface area contributed by atoms with Crippen LogP contribution in [0.1, 0.15) is 5.56 Å². The Balaban J connectivity index is 0.00000144. The van der Waals surface area contributed by atoms with Crippen LogP contribution in [0.5, 0.6) is 0 Å². The highest BCUT2D eigenvalue weighted by Gasteiger charge is 2.12. The van der Waals surface area contributed by atoms with Crippen LogP contribution >= 0.6 is 11.8 Å². The number of pyridine rings is 1. The Morgan fingerprint density at radius 1 is 1.24 bits per heavy atom. The van der Waals surface area contributed by atoms with Gasteiger partial charge in [0.05, 0.1) is 19.8 Å². The van der Waals surface area contributed by atoms with Crippen molar-refractivity contribution in [3.05, 3.63) is 30.1 Å². The molecule has 0 unspecified atom stereocenters. The van der Waals surface area contributed by atoms with Crippen molar-refractivity contribution in [3.63, 3.8) is 0 Å². The summed E-state index contributed by atoms with van der Waals surface area (Å²) >= 11 is 2.01. The van der Waals surface area contributed by atoms with Crippen LogP contribution in [0.3, 0.4) is 0 Å². The quantitative estimate of drug-likeness (QED) is 0.589. The molecule has 1 aromatic heterocycles. The molecule has 1 aromatic rings. The molecule has 2 rings (SSSR count). The van der Waals surface area contributed by atoms with Gasteiger partial charge in [-0.2, -0.15) is 11.8 Å². The van der Waals surface area contributed by atoms with E-state index in [0.717, 1.165) is 19.0 Å². The molecular formula is C12H19ClN2OS. The number of hydrogen-bond donors (Lipinski definition) is 1. The largest absolute Gasteiger partial charge is 1.00 e. The van der Waals surface area contributed by atoms with Gasteiger partial charge in [-0.15, -0.1) is 0 Å². The van der Waals surface area contributed by atoms with Crippen molar-refractivity contribution in [2.45, 2.75) is 5.75 Å². The Morgan fingerprint density at radius 2 is 1.94 bits per heavy atom. The smallest absolute Gasteiger partial charge is 0.101 e. The summed E-state index contributed by atoms with van der Waals surface area (Å²) in [5.74, 6) is 2.34. The molecule has 3 nitrogen and oxygen atoms in total. The number of halogens is 1. The third-order valence-electron chi connectivity index (χ3n) is 2.82. The fraction of sp³-hybridized carbons (Fsp3) is 0.583. The first-order chi connectivity index (χ1) is 7.95. The van der Waals surface area contributed by atoms with Crippen LogP contribution in [-0.4, -0.2) is 43.6 Å². The number of hydrogen-bond acceptors (Lipinski definition) is 3. The van der Waals surface area contributed by atoms with E-state index in [1.807, 2.05) is 24.2 Å². The molecule has 0 aromatic carbocycles. The molecule has 0 aliphatic carbocycles. The van der Waals surface area contributed by atoms with E-state index in [4.69, 9.17) is 4.74 Å². The molecule has 1 N–H and O–H groups in total. The third kappa shape index (κ3) is 5.73. The maximum atomic E-state index is 5.34. The second-order valence-electron chi connectivity index (χ2n) is 4.02. The molecule has 0 saturated carbocycles. The highest BCUT2D eigenvalue weighted by Crippen LogP contribution is 2.09. The minimum atomic E-state index is 0. The number of rotatable bonds is 5. The molecule has 0 spiro atoms. The first kappa shape index (κ1) is 14.8. The summed E-state index contributed by atoms with van der Waals surface area (Å²) < 4.78 is 5.34. The first-order valence-electron chi connectivity index (χ1n) is 5.83. The molecule has 0 atom stereocenters. The van der Waals surface area contributed by atoms with Crippen molar-refractivity contribution in [2.24, 2.45) is 0 Å². The SMILES string of the molecule is [Cl-].c1cc(CSCC[NH+]2CCOCC2)ccn1. The number of morpholine rings is 1. The van der Waals surface area contributed by atoms with Crippen LogP contribution in [0.4, 0.5) is 0 Å². The average molecular weight is 275 g/mol. The normalized spacial score (nSPS) is 16.5. The zero-order chi connectivity index (χ0) is 11.1. The van der Waals surface area contributed by atoms with Crippen molar-refractivity contribution < 1.29 is 22.0 Å². The molecule has 1 aliphatic rings. The van der Waals surface area contributed by atoms with Gasteiger partial charge in [0.15, 0.2) is 0 Å². The van der Waals surface area contributed by atoms with Crippen LogP contribution in [0.2, 0.25) is 0 Å². The molecule has 2 heterocycles. The maximum absolute atomic E-state index is 5.34. The second kappa shape index (κ2) is 8.75. The molecule has 96 valence electrons. The van der Waals surface area contributed by atoms with Gasteiger partial charge in [0, 0.05) is 23.9 Å². The number of quaternary nitrogens is 1. The third-order valence-corrected chi connectivity index (χ3v) is 3.85. The van der Waals surface area contributed by atoms with Crippen LogP contribution in [-0.2, 0) is 10.5 Å². The minimum absolute atomic E-state index is 0. The van der Waals surface area contributed by atoms with Gasteiger partial charge in [0.25, 0.3) is 0 Å². The number of aromatic nitrogens is 1. The van der Waals surface area contributed by atoms with E-state index in [1.54, 1.807) is 4.90 Å². The lowest BCUT2D eigenvalue weighted by molar-refractivity contribution is -0.905. The van der Waals surface area contributed by atoms with Gasteiger partial charge in [-0.1, -0.05) is 0 Å². The van der Waals surface area contributed by atoms with E-state index in [9.17, 15) is 0 Å². The summed E-state index contributed by atoms with van der Waals surface area (Å²) in [6, 6.07) is 4.18. The minimum Gasteiger partial charge on any atom is -1.00 e. The molecule has 0 bridgehead atoms. The molecule has 5 heteroatoms. The van der Waals surface area contributed by atoms with Gasteiger partial charge in [0.1, 0.15) is 13.1 Å². The summed E-state index contributed by atoms with van der Waals surface area (Å²) in [7, 11) is 0. The molecule has 1 saturated heterocycles. The van der Waals surface area contributed by atoms with Crippen LogP contribution in [0.25, 0.3) is 0 Å². The summed E-state index contributed by atoms with van der Waals surface area (Å²) in [5, 5.41) is 0. The van der Waals surface area contributed by atoms with Gasteiger partial charge in [-0.05, 0) is 17.7 Å². The molecule has 0 amide bonds. The first-order valence-corrected chi connectivity index (χ1v) is 6.98. The highest BCUT2D eigenvalue weighted by molar-refractivity contribution is 7.98. The molecule has 17 heavy (non-hydrogen) atoms. The van der Waals surface area contributed by atoms with Gasteiger partial charge < -0.3 is 22.0 Å². The number of ether oxygens (including phenoxy) is 1. The van der Waals surface area contributed by atoms with E-state index < -0.39 is 0 Å². The van der Waals surface area contributed by atoms with Crippen molar-refractivity contribution in [1.82, 2.24) is 4.98 Å². The van der Waals surface area contributed by atoms with E-state index in [1.165, 1.54) is 31.0 Å². The Kier molecular flexibility index (Phi) is 7.60. The van der Waals surface area contributed by atoms with Crippen molar-refractivity contribution >= 4 is 11.8 Å². The highest BCUT2D eigenvalue weighted by atomic mass is 35.5. The van der Waals surface area contributed by atoms with Gasteiger partial charge in [-0.3, -0.25) is 4.98 Å². The number of nitrogens with zero attached hydrogens (tertiary/aromatic N) is 1. The summed E-state index contributed by atoms with van der Waals surface area (Å²) in [4.78, 5) is 5.71. The predicted molar refractivity (Wildman–Crippen MR) is 66.8 cm³/mol. The summed E-state index contributed by atoms with van der Waals surface area (Å²) in [5.41, 5.74) is 1.37. The molecule has 1 fully saturated rings. The molecule has 0 radical (unpaired) electrons. The fourth-order valence-electron chi connectivity index (χ4n) is 1.80. The second-order valence-corrected chi connectivity index (χ2v) is 5.13. The van der Waals surface area contributed by atoms with Gasteiger partial charge in [0.2, 0.25) is 0 Å². The summed E-state index contributed by atoms with van der Waals surface area (Å²) in [6.45, 7) is 5.49. The van der Waals surface area contributed by atoms with E-state index >= 15 is 0 Å². The lowest BCUT2D eigenvalue weighted by Crippen LogP contribution is -3.14. The maximum Gasteiger partial charge on any atom is 0.101 e. The lowest BCUT2D eigenvalue weighted by Gasteiger charge is -2.23. The van der Waals surface area contributed by atoms with Gasteiger partial charge >= 0.3 is 0 Å². The van der Waals surface area contributed by atoms with E-state index in [0.29, 0.717) is 0 Å². The van der Waals surface area contributed by atoms with Crippen molar-refractivity contribution in [2.75, 3.05) is 38.6 Å². The fourth-order valence-corrected chi connectivity index (χ4v) is 2.80. The summed E-state index contributed by atoms with van der Waals surface area (Å²) in [6.07, 6.45) is 3.73. The predicted octanol–water partition coefficient (Wildman–Crippen LogP) is -2.77. The van der Waals surface area contributed by atoms with Crippen LogP contribution < -0.4 is 17.3 Å². The van der Waals surface area contributed by atoms with Gasteiger partial charge in [-0.25, -0.2) is 0 Å². The van der Waals surface area contributed by atoms with Crippen LogP contribution in [0.15, 0.2) is 24.5 Å². The Labute approximate surface area is 113 Å². The Morgan fingerprint density at radius 3 is 2.65 bits per heavy atom. The standard InChI is InChI=1S/C12H18N2OS.ClH/c1-3-13-4-2-12(1)11-16-10-7-14-5-8-15-9-6-14;/h1-4H,5-11H2;1H. The monoisotopic (exact) mass is 274 g/mol. The topological polar surface area (TPSA) is 26.6 Å². The molecular weight excluding hydrogens is 256 g/mol. The van der Waals surface area contributed by atoms with E-state index in [2.05, 4.69) is 17.1 Å². The Hall–Kier alpha value is -0.290. The van der Waals surface area contributed by atoms with Crippen LogP contribution in [0, 0.1) is 0 Å². The zero-order valence-corrected chi connectivity index (χ0v) is 11.5. The van der Waals surface area contributed by atoms with E-state index in [-0.39, 0.29) is 12.4 Å². The van der Waals surface area contributed by atoms with Crippen molar-refractivity contribution in [3.8, 4) is 0 Å². The number of thioether (sulfide) groups is 1.